The highest BCUT2D eigenvalue weighted by Gasteiger charge is 2.02. The van der Waals surface area contributed by atoms with Crippen molar-refractivity contribution in [3.8, 4) is 5.75 Å². The molecule has 3 heteroatoms. The lowest BCUT2D eigenvalue weighted by molar-refractivity contribution is 0.104. The molecule has 0 atom stereocenters. The molecule has 0 heterocycles. The molecule has 0 unspecified atom stereocenters. The van der Waals surface area contributed by atoms with Crippen LogP contribution < -0.4 is 4.74 Å². The van der Waals surface area contributed by atoms with E-state index >= 15 is 0 Å². The molecule has 0 aromatic heterocycles. The summed E-state index contributed by atoms with van der Waals surface area (Å²) in [5.74, 6) is 1.95. The predicted molar refractivity (Wildman–Crippen MR) is 158 cm³/mol. The van der Waals surface area contributed by atoms with E-state index in [0.717, 1.165) is 11.3 Å². The Morgan fingerprint density at radius 3 is 1.69 bits per heavy atom. The van der Waals surface area contributed by atoms with E-state index in [1.165, 1.54) is 107 Å². The zero-order valence-corrected chi connectivity index (χ0v) is 23.6. The van der Waals surface area contributed by atoms with Gasteiger partial charge in [0.25, 0.3) is 0 Å². The molecule has 2 aromatic carbocycles. The van der Waals surface area contributed by atoms with Crippen LogP contribution in [0.25, 0.3) is 6.08 Å². The summed E-state index contributed by atoms with van der Waals surface area (Å²) in [7, 11) is 1.62. The second-order valence-corrected chi connectivity index (χ2v) is 11.0. The summed E-state index contributed by atoms with van der Waals surface area (Å²) in [4.78, 5) is 13.6. The Morgan fingerprint density at radius 2 is 1.19 bits per heavy atom. The Kier molecular flexibility index (Phi) is 16.9. The number of ketones is 1. The number of hydrogen-bond acceptors (Lipinski definition) is 3. The molecule has 0 saturated heterocycles. The summed E-state index contributed by atoms with van der Waals surface area (Å²) in [6, 6.07) is 15.7. The number of benzene rings is 2. The second kappa shape index (κ2) is 20.1. The van der Waals surface area contributed by atoms with Crippen molar-refractivity contribution in [3.05, 3.63) is 65.7 Å². The van der Waals surface area contributed by atoms with Crippen molar-refractivity contribution in [3.63, 3.8) is 0 Å². The van der Waals surface area contributed by atoms with E-state index in [2.05, 4.69) is 31.2 Å². The standard InChI is InChI=1S/C33H48O2S/c1-3-4-5-6-7-8-9-10-11-12-13-14-15-16-17-28-36-32-25-18-29(19-26-32)20-27-33(34)30-21-23-31(35-2)24-22-30/h18-27H,3-17,28H2,1-2H3. The number of rotatable bonds is 21. The minimum absolute atomic E-state index is 0.00395. The zero-order chi connectivity index (χ0) is 25.7. The monoisotopic (exact) mass is 508 g/mol. The van der Waals surface area contributed by atoms with Crippen LogP contribution in [0.4, 0.5) is 0 Å². The van der Waals surface area contributed by atoms with Crippen molar-refractivity contribution >= 4 is 23.6 Å². The maximum absolute atomic E-state index is 12.3. The van der Waals surface area contributed by atoms with E-state index in [1.807, 2.05) is 30.0 Å². The van der Waals surface area contributed by atoms with Crippen molar-refractivity contribution in [1.29, 1.82) is 0 Å². The van der Waals surface area contributed by atoms with Gasteiger partial charge in [-0.25, -0.2) is 0 Å². The Balaban J connectivity index is 1.46. The first-order valence-electron chi connectivity index (χ1n) is 14.3. The van der Waals surface area contributed by atoms with Gasteiger partial charge in [-0.05, 0) is 60.2 Å². The van der Waals surface area contributed by atoms with Gasteiger partial charge >= 0.3 is 0 Å². The molecule has 2 aromatic rings. The molecule has 0 aliphatic heterocycles. The number of hydrogen-bond donors (Lipinski definition) is 0. The lowest BCUT2D eigenvalue weighted by Gasteiger charge is -2.04. The van der Waals surface area contributed by atoms with Crippen molar-refractivity contribution in [1.82, 2.24) is 0 Å². The molecule has 0 aliphatic carbocycles. The summed E-state index contributed by atoms with van der Waals surface area (Å²) < 4.78 is 5.14. The van der Waals surface area contributed by atoms with E-state index in [9.17, 15) is 4.79 Å². The van der Waals surface area contributed by atoms with Gasteiger partial charge in [-0.1, -0.05) is 115 Å². The summed E-state index contributed by atoms with van der Waals surface area (Å²) in [5.41, 5.74) is 1.72. The number of thioether (sulfide) groups is 1. The van der Waals surface area contributed by atoms with Gasteiger partial charge in [0, 0.05) is 10.5 Å². The number of methoxy groups -OCH3 is 1. The molecule has 0 fully saturated rings. The molecule has 198 valence electrons. The van der Waals surface area contributed by atoms with Gasteiger partial charge in [0.05, 0.1) is 7.11 Å². The Labute approximate surface area is 225 Å². The number of unbranched alkanes of at least 4 members (excludes halogenated alkanes) is 14. The van der Waals surface area contributed by atoms with E-state index < -0.39 is 0 Å². The quantitative estimate of drug-likeness (QED) is 0.0726. The van der Waals surface area contributed by atoms with E-state index in [-0.39, 0.29) is 5.78 Å². The first-order chi connectivity index (χ1) is 17.7. The second-order valence-electron chi connectivity index (χ2n) is 9.79. The zero-order valence-electron chi connectivity index (χ0n) is 22.8. The molecule has 0 saturated carbocycles. The third-order valence-electron chi connectivity index (χ3n) is 6.70. The maximum atomic E-state index is 12.3. The minimum atomic E-state index is 0.00395. The van der Waals surface area contributed by atoms with Crippen molar-refractivity contribution in [2.75, 3.05) is 12.9 Å². The van der Waals surface area contributed by atoms with Gasteiger partial charge in [-0.15, -0.1) is 11.8 Å². The third kappa shape index (κ3) is 13.9. The largest absolute Gasteiger partial charge is 0.497 e. The van der Waals surface area contributed by atoms with Crippen LogP contribution in [-0.4, -0.2) is 18.6 Å². The van der Waals surface area contributed by atoms with Gasteiger partial charge in [-0.2, -0.15) is 0 Å². The van der Waals surface area contributed by atoms with E-state index in [4.69, 9.17) is 4.74 Å². The number of allylic oxidation sites excluding steroid dienone is 1. The fraction of sp³-hybridized carbons (Fsp3) is 0.545. The summed E-state index contributed by atoms with van der Waals surface area (Å²) >= 11 is 1.94. The van der Waals surface area contributed by atoms with Crippen LogP contribution in [0.2, 0.25) is 0 Å². The number of carbonyl (C=O) groups excluding carboxylic acids is 1. The number of ether oxygens (including phenoxy) is 1. The highest BCUT2D eigenvalue weighted by Crippen LogP contribution is 2.21. The number of carbonyl (C=O) groups is 1. The summed E-state index contributed by atoms with van der Waals surface area (Å²) in [6.45, 7) is 2.29. The fourth-order valence-corrected chi connectivity index (χ4v) is 5.27. The van der Waals surface area contributed by atoms with Crippen LogP contribution in [0.3, 0.4) is 0 Å². The lowest BCUT2D eigenvalue weighted by atomic mass is 10.0. The smallest absolute Gasteiger partial charge is 0.185 e. The summed E-state index contributed by atoms with van der Waals surface area (Å²) in [5, 5.41) is 0. The average Bonchev–Trinajstić information content (AvgIpc) is 2.92. The SMILES string of the molecule is CCCCCCCCCCCCCCCCCSc1ccc(C=CC(=O)c2ccc(OC)cc2)cc1. The molecule has 0 aliphatic rings. The molecule has 2 nitrogen and oxygen atoms in total. The third-order valence-corrected chi connectivity index (χ3v) is 7.80. The molecule has 2 rings (SSSR count). The average molecular weight is 509 g/mol. The van der Waals surface area contributed by atoms with Crippen LogP contribution in [0.5, 0.6) is 5.75 Å². The van der Waals surface area contributed by atoms with Crippen LogP contribution in [0.1, 0.15) is 119 Å². The minimum Gasteiger partial charge on any atom is -0.497 e. The molecule has 0 radical (unpaired) electrons. The van der Waals surface area contributed by atoms with Gasteiger partial charge in [0.2, 0.25) is 0 Å². The van der Waals surface area contributed by atoms with Crippen LogP contribution >= 0.6 is 11.8 Å². The topological polar surface area (TPSA) is 26.3 Å². The first-order valence-corrected chi connectivity index (χ1v) is 15.3. The highest BCUT2D eigenvalue weighted by molar-refractivity contribution is 7.99. The highest BCUT2D eigenvalue weighted by atomic mass is 32.2. The van der Waals surface area contributed by atoms with Gasteiger partial charge in [-0.3, -0.25) is 4.79 Å². The Hall–Kier alpha value is -2.00. The van der Waals surface area contributed by atoms with Crippen molar-refractivity contribution in [2.45, 2.75) is 108 Å². The lowest BCUT2D eigenvalue weighted by Crippen LogP contribution is -1.94. The molecule has 0 amide bonds. The summed E-state index contributed by atoms with van der Waals surface area (Å²) in [6.07, 6.45) is 24.7. The van der Waals surface area contributed by atoms with Crippen molar-refractivity contribution in [2.24, 2.45) is 0 Å². The van der Waals surface area contributed by atoms with E-state index in [1.54, 1.807) is 25.3 Å². The fourth-order valence-electron chi connectivity index (χ4n) is 4.36. The molecule has 36 heavy (non-hydrogen) atoms. The molecule has 0 spiro atoms. The Bertz CT molecular complexity index is 839. The first kappa shape index (κ1) is 30.2. The molecular formula is C33H48O2S. The Morgan fingerprint density at radius 1 is 0.694 bits per heavy atom. The maximum Gasteiger partial charge on any atom is 0.185 e. The normalized spacial score (nSPS) is 11.3. The van der Waals surface area contributed by atoms with Crippen LogP contribution in [-0.2, 0) is 0 Å². The van der Waals surface area contributed by atoms with E-state index in [0.29, 0.717) is 5.56 Å². The molecular weight excluding hydrogens is 460 g/mol. The van der Waals surface area contributed by atoms with Crippen molar-refractivity contribution < 1.29 is 9.53 Å². The van der Waals surface area contributed by atoms with Crippen LogP contribution in [0.15, 0.2) is 59.5 Å². The predicted octanol–water partition coefficient (Wildman–Crippen LogP) is 10.6. The molecule has 0 N–H and O–H groups in total. The van der Waals surface area contributed by atoms with Gasteiger partial charge in [0.15, 0.2) is 5.78 Å². The van der Waals surface area contributed by atoms with Crippen LogP contribution in [0, 0.1) is 0 Å². The van der Waals surface area contributed by atoms with Gasteiger partial charge < -0.3 is 4.74 Å². The van der Waals surface area contributed by atoms with Gasteiger partial charge in [0.1, 0.15) is 5.75 Å². The molecule has 0 bridgehead atoms.